The first-order valence-corrected chi connectivity index (χ1v) is 7.68. The summed E-state index contributed by atoms with van der Waals surface area (Å²) >= 11 is 0. The number of aromatic hydroxyl groups is 1. The predicted octanol–water partition coefficient (Wildman–Crippen LogP) is 2.90. The van der Waals surface area contributed by atoms with Crippen molar-refractivity contribution >= 4 is 11.9 Å². The van der Waals surface area contributed by atoms with E-state index in [-0.39, 0.29) is 17.2 Å². The molecule has 1 N–H and O–H groups in total. The van der Waals surface area contributed by atoms with Gasteiger partial charge in [-0.2, -0.15) is 0 Å². The first kappa shape index (κ1) is 17.5. The molecule has 24 heavy (non-hydrogen) atoms. The summed E-state index contributed by atoms with van der Waals surface area (Å²) in [5.74, 6) is -1.15. The van der Waals surface area contributed by atoms with Crippen LogP contribution < -0.4 is 0 Å². The fraction of sp³-hybridized carbons (Fsp3) is 0.263. The number of hydrogen-bond acceptors (Lipinski definition) is 4. The molecule has 0 unspecified atom stereocenters. The van der Waals surface area contributed by atoms with E-state index < -0.39 is 12.1 Å². The second-order valence-corrected chi connectivity index (χ2v) is 5.70. The topological polar surface area (TPSA) is 66.8 Å². The summed E-state index contributed by atoms with van der Waals surface area (Å²) in [6.45, 7) is 3.64. The van der Waals surface area contributed by atoms with Crippen molar-refractivity contribution < 1.29 is 19.4 Å². The van der Waals surface area contributed by atoms with Crippen molar-refractivity contribution in [3.05, 3.63) is 65.2 Å². The molecule has 0 spiro atoms. The SMILES string of the molecule is Cc1cccc(C(=O)O[C@H](C)C(=O)N(C)Cc2ccccc2)c1O. The summed E-state index contributed by atoms with van der Waals surface area (Å²) in [5, 5.41) is 9.93. The Hall–Kier alpha value is -2.82. The number of aryl methyl sites for hydroxylation is 1. The van der Waals surface area contributed by atoms with Crippen LogP contribution in [0.5, 0.6) is 5.75 Å². The molecule has 0 aliphatic carbocycles. The molecule has 2 aromatic rings. The maximum atomic E-state index is 12.4. The fourth-order valence-electron chi connectivity index (χ4n) is 2.34. The predicted molar refractivity (Wildman–Crippen MR) is 90.6 cm³/mol. The number of ether oxygens (including phenoxy) is 1. The minimum absolute atomic E-state index is 0.0559. The Labute approximate surface area is 141 Å². The first-order valence-electron chi connectivity index (χ1n) is 7.68. The molecule has 0 aliphatic rings. The summed E-state index contributed by atoms with van der Waals surface area (Å²) in [4.78, 5) is 26.0. The van der Waals surface area contributed by atoms with Crippen molar-refractivity contribution in [3.63, 3.8) is 0 Å². The highest BCUT2D eigenvalue weighted by Crippen LogP contribution is 2.22. The lowest BCUT2D eigenvalue weighted by atomic mass is 10.1. The number of phenols is 1. The van der Waals surface area contributed by atoms with Gasteiger partial charge in [0.05, 0.1) is 0 Å². The van der Waals surface area contributed by atoms with Gasteiger partial charge in [0, 0.05) is 13.6 Å². The first-order chi connectivity index (χ1) is 11.4. The fourth-order valence-corrected chi connectivity index (χ4v) is 2.34. The zero-order valence-corrected chi connectivity index (χ0v) is 14.0. The van der Waals surface area contributed by atoms with Crippen LogP contribution in [0.25, 0.3) is 0 Å². The number of likely N-dealkylation sites (N-methyl/N-ethyl adjacent to an activating group) is 1. The second kappa shape index (κ2) is 7.64. The van der Waals surface area contributed by atoms with Crippen molar-refractivity contribution in [2.75, 3.05) is 7.05 Å². The molecule has 2 rings (SSSR count). The molecule has 1 atom stereocenters. The molecular formula is C19H21NO4. The summed E-state index contributed by atoms with van der Waals surface area (Å²) in [6, 6.07) is 14.4. The van der Waals surface area contributed by atoms with Crippen molar-refractivity contribution in [1.82, 2.24) is 4.90 Å². The van der Waals surface area contributed by atoms with Crippen LogP contribution in [0.4, 0.5) is 0 Å². The largest absolute Gasteiger partial charge is 0.507 e. The number of phenolic OH excluding ortho intramolecular Hbond substituents is 1. The van der Waals surface area contributed by atoms with Gasteiger partial charge >= 0.3 is 5.97 Å². The van der Waals surface area contributed by atoms with Crippen molar-refractivity contribution in [2.24, 2.45) is 0 Å². The molecule has 0 saturated carbocycles. The molecule has 0 fully saturated rings. The number of carbonyl (C=O) groups is 2. The molecule has 0 heterocycles. The average Bonchev–Trinajstić information content (AvgIpc) is 2.57. The van der Waals surface area contributed by atoms with Crippen LogP contribution in [-0.2, 0) is 16.1 Å². The molecule has 5 nitrogen and oxygen atoms in total. The number of rotatable bonds is 5. The Bertz CT molecular complexity index is 727. The lowest BCUT2D eigenvalue weighted by Crippen LogP contribution is -2.37. The highest BCUT2D eigenvalue weighted by atomic mass is 16.5. The maximum absolute atomic E-state index is 12.4. The van der Waals surface area contributed by atoms with Gasteiger partial charge < -0.3 is 14.7 Å². The molecule has 0 radical (unpaired) electrons. The number of hydrogen-bond donors (Lipinski definition) is 1. The smallest absolute Gasteiger partial charge is 0.342 e. The van der Waals surface area contributed by atoms with Crippen LogP contribution in [0, 0.1) is 6.92 Å². The minimum Gasteiger partial charge on any atom is -0.507 e. The number of benzene rings is 2. The van der Waals surface area contributed by atoms with Crippen molar-refractivity contribution in [1.29, 1.82) is 0 Å². The third-order valence-corrected chi connectivity index (χ3v) is 3.73. The van der Waals surface area contributed by atoms with Crippen molar-refractivity contribution in [3.8, 4) is 5.75 Å². The summed E-state index contributed by atoms with van der Waals surface area (Å²) in [5.41, 5.74) is 1.62. The molecule has 5 heteroatoms. The lowest BCUT2D eigenvalue weighted by Gasteiger charge is -2.21. The number of amides is 1. The number of esters is 1. The summed E-state index contributed by atoms with van der Waals surface area (Å²) < 4.78 is 5.20. The van der Waals surface area contributed by atoms with Crippen LogP contribution in [0.2, 0.25) is 0 Å². The molecule has 0 aromatic heterocycles. The van der Waals surface area contributed by atoms with Gasteiger partial charge in [-0.15, -0.1) is 0 Å². The maximum Gasteiger partial charge on any atom is 0.342 e. The molecule has 126 valence electrons. The van der Waals surface area contributed by atoms with E-state index in [0.717, 1.165) is 5.56 Å². The lowest BCUT2D eigenvalue weighted by molar-refractivity contribution is -0.139. The Morgan fingerprint density at radius 2 is 1.79 bits per heavy atom. The Balaban J connectivity index is 2.00. The Kier molecular flexibility index (Phi) is 5.58. The van der Waals surface area contributed by atoms with Crippen LogP contribution in [0.3, 0.4) is 0 Å². The van der Waals surface area contributed by atoms with E-state index in [1.54, 1.807) is 26.1 Å². The van der Waals surface area contributed by atoms with E-state index in [1.165, 1.54) is 17.9 Å². The number of carbonyl (C=O) groups excluding carboxylic acids is 2. The number of para-hydroxylation sites is 1. The molecule has 0 saturated heterocycles. The molecule has 0 aliphatic heterocycles. The van der Waals surface area contributed by atoms with E-state index in [2.05, 4.69) is 0 Å². The van der Waals surface area contributed by atoms with Gasteiger partial charge in [0.25, 0.3) is 5.91 Å². The van der Waals surface area contributed by atoms with Gasteiger partial charge in [-0.05, 0) is 31.0 Å². The summed E-state index contributed by atoms with van der Waals surface area (Å²) in [6.07, 6.45) is -0.939. The monoisotopic (exact) mass is 327 g/mol. The van der Waals surface area contributed by atoms with E-state index in [4.69, 9.17) is 4.74 Å². The highest BCUT2D eigenvalue weighted by molar-refractivity contribution is 5.94. The average molecular weight is 327 g/mol. The number of nitrogens with zero attached hydrogens (tertiary/aromatic N) is 1. The Morgan fingerprint density at radius 3 is 2.46 bits per heavy atom. The van der Waals surface area contributed by atoms with Crippen LogP contribution in [0.1, 0.15) is 28.4 Å². The van der Waals surface area contributed by atoms with Crippen LogP contribution >= 0.6 is 0 Å². The van der Waals surface area contributed by atoms with E-state index in [1.807, 2.05) is 30.3 Å². The van der Waals surface area contributed by atoms with E-state index in [9.17, 15) is 14.7 Å². The van der Waals surface area contributed by atoms with E-state index >= 15 is 0 Å². The van der Waals surface area contributed by atoms with Crippen LogP contribution in [0.15, 0.2) is 48.5 Å². The quantitative estimate of drug-likeness (QED) is 0.858. The van der Waals surface area contributed by atoms with Gasteiger partial charge in [0.1, 0.15) is 11.3 Å². The molecule has 0 bridgehead atoms. The Morgan fingerprint density at radius 1 is 1.12 bits per heavy atom. The van der Waals surface area contributed by atoms with Gasteiger partial charge in [-0.3, -0.25) is 4.79 Å². The second-order valence-electron chi connectivity index (χ2n) is 5.70. The van der Waals surface area contributed by atoms with E-state index in [0.29, 0.717) is 12.1 Å². The molecular weight excluding hydrogens is 306 g/mol. The third kappa shape index (κ3) is 4.13. The standard InChI is InChI=1S/C19H21NO4/c1-13-8-7-11-16(17(13)21)19(23)24-14(2)18(22)20(3)12-15-9-5-4-6-10-15/h4-11,14,21H,12H2,1-3H3/t14-/m1/s1. The normalized spacial score (nSPS) is 11.6. The molecule has 2 aromatic carbocycles. The van der Waals surface area contributed by atoms with Gasteiger partial charge in [0.15, 0.2) is 6.10 Å². The van der Waals surface area contributed by atoms with Crippen molar-refractivity contribution in [2.45, 2.75) is 26.5 Å². The summed E-state index contributed by atoms with van der Waals surface area (Å²) in [7, 11) is 1.66. The zero-order chi connectivity index (χ0) is 17.7. The van der Waals surface area contributed by atoms with Gasteiger partial charge in [-0.1, -0.05) is 42.5 Å². The van der Waals surface area contributed by atoms with Crippen LogP contribution in [-0.4, -0.2) is 35.0 Å². The molecule has 1 amide bonds. The zero-order valence-electron chi connectivity index (χ0n) is 14.0. The minimum atomic E-state index is -0.939. The van der Waals surface area contributed by atoms with Gasteiger partial charge in [0.2, 0.25) is 0 Å². The van der Waals surface area contributed by atoms with Gasteiger partial charge in [-0.25, -0.2) is 4.79 Å². The third-order valence-electron chi connectivity index (χ3n) is 3.73. The highest BCUT2D eigenvalue weighted by Gasteiger charge is 2.24.